The van der Waals surface area contributed by atoms with Crippen molar-refractivity contribution >= 4 is 0 Å². The minimum absolute atomic E-state index is 0.376. The van der Waals surface area contributed by atoms with Crippen LogP contribution in [0.4, 0.5) is 0 Å². The lowest BCUT2D eigenvalue weighted by molar-refractivity contribution is 1.01. The molecule has 1 rings (SSSR count). The lowest BCUT2D eigenvalue weighted by Gasteiger charge is -1.89. The highest BCUT2D eigenvalue weighted by atomic mass is 15.1. The van der Waals surface area contributed by atoms with Crippen LogP contribution in [0.3, 0.4) is 0 Å². The van der Waals surface area contributed by atoms with Crippen LogP contribution >= 0.6 is 0 Å². The Morgan fingerprint density at radius 2 is 2.20 bits per heavy atom. The Morgan fingerprint density at radius 3 is 2.93 bits per heavy atom. The van der Waals surface area contributed by atoms with Gasteiger partial charge in [-0.15, -0.1) is 0 Å². The topological polar surface area (TPSA) is 72.5 Å². The van der Waals surface area contributed by atoms with E-state index in [4.69, 9.17) is 10.8 Å². The Balaban J connectivity index is 2.64. The molecule has 0 spiro atoms. The molecule has 0 aromatic heterocycles. The molecule has 0 aliphatic carbocycles. The van der Waals surface area contributed by atoms with Crippen molar-refractivity contribution in [2.24, 2.45) is 5.11 Å². The fourth-order valence-corrected chi connectivity index (χ4v) is 0.982. The highest BCUT2D eigenvalue weighted by Gasteiger charge is 1.89. The van der Waals surface area contributed by atoms with E-state index in [0.717, 1.165) is 5.56 Å². The number of nitrogens with zero attached hydrogens (tertiary/aromatic N) is 4. The van der Waals surface area contributed by atoms with Crippen LogP contribution < -0.4 is 0 Å². The molecule has 0 atom stereocenters. The summed E-state index contributed by atoms with van der Waals surface area (Å²) in [5.74, 6) is 5.76. The van der Waals surface area contributed by atoms with Gasteiger partial charge in [0.05, 0.1) is 11.6 Å². The summed E-state index contributed by atoms with van der Waals surface area (Å²) in [6.45, 7) is 0.376. The van der Waals surface area contributed by atoms with Gasteiger partial charge in [0.1, 0.15) is 0 Å². The Bertz CT molecular complexity index is 481. The molecule has 0 amide bonds. The molecule has 0 unspecified atom stereocenters. The van der Waals surface area contributed by atoms with E-state index in [-0.39, 0.29) is 0 Å². The minimum atomic E-state index is 0.376. The third kappa shape index (κ3) is 3.87. The molecule has 0 radical (unpaired) electrons. The van der Waals surface area contributed by atoms with Crippen LogP contribution in [-0.2, 0) is 0 Å². The Morgan fingerprint density at radius 1 is 1.40 bits per heavy atom. The summed E-state index contributed by atoms with van der Waals surface area (Å²) in [6.07, 6.45) is 0.529. The van der Waals surface area contributed by atoms with Crippen molar-refractivity contribution in [1.29, 1.82) is 5.26 Å². The first-order valence-corrected chi connectivity index (χ1v) is 4.36. The monoisotopic (exact) mass is 196 g/mol. The molecule has 72 valence electrons. The molecule has 0 fully saturated rings. The molecular weight excluding hydrogens is 188 g/mol. The molecule has 1 aromatic carbocycles. The maximum Gasteiger partial charge on any atom is 0.0992 e. The number of benzene rings is 1. The average Bonchev–Trinajstić information content (AvgIpc) is 2.29. The first-order chi connectivity index (χ1) is 7.36. The van der Waals surface area contributed by atoms with Gasteiger partial charge in [-0.1, -0.05) is 23.0 Å². The highest BCUT2D eigenvalue weighted by Crippen LogP contribution is 2.02. The van der Waals surface area contributed by atoms with E-state index >= 15 is 0 Å². The van der Waals surface area contributed by atoms with Crippen LogP contribution in [0.5, 0.6) is 0 Å². The fourth-order valence-electron chi connectivity index (χ4n) is 0.982. The van der Waals surface area contributed by atoms with E-state index in [0.29, 0.717) is 18.5 Å². The smallest absolute Gasteiger partial charge is 0.0992 e. The number of nitriles is 1. The summed E-state index contributed by atoms with van der Waals surface area (Å²) in [5, 5.41) is 12.0. The van der Waals surface area contributed by atoms with Crippen LogP contribution in [0, 0.1) is 23.2 Å². The van der Waals surface area contributed by atoms with E-state index in [1.165, 1.54) is 0 Å². The number of hydrogen-bond donors (Lipinski definition) is 0. The third-order valence-corrected chi connectivity index (χ3v) is 1.62. The summed E-state index contributed by atoms with van der Waals surface area (Å²) in [4.78, 5) is 2.62. The summed E-state index contributed by atoms with van der Waals surface area (Å²) in [5.41, 5.74) is 9.42. The van der Waals surface area contributed by atoms with Crippen molar-refractivity contribution < 1.29 is 0 Å². The quantitative estimate of drug-likeness (QED) is 0.235. The first kappa shape index (κ1) is 10.7. The van der Waals surface area contributed by atoms with Crippen molar-refractivity contribution in [2.75, 3.05) is 6.54 Å². The van der Waals surface area contributed by atoms with E-state index in [1.807, 2.05) is 12.1 Å². The van der Waals surface area contributed by atoms with Crippen LogP contribution in [-0.4, -0.2) is 6.54 Å². The molecule has 4 nitrogen and oxygen atoms in total. The standard InChI is InChI=1S/C11H8N4/c12-9-11-6-3-5-10(8-11)4-1-2-7-14-15-13/h3,5-6,8H,2,7H2. The Hall–Kier alpha value is -2.42. The minimum Gasteiger partial charge on any atom is -0.192 e. The van der Waals surface area contributed by atoms with Crippen LogP contribution in [0.15, 0.2) is 29.4 Å². The van der Waals surface area contributed by atoms with Crippen LogP contribution in [0.1, 0.15) is 17.5 Å². The van der Waals surface area contributed by atoms with Gasteiger partial charge < -0.3 is 0 Å². The molecule has 0 saturated carbocycles. The second-order valence-corrected chi connectivity index (χ2v) is 2.70. The molecule has 0 saturated heterocycles. The van der Waals surface area contributed by atoms with Gasteiger partial charge in [-0.2, -0.15) is 5.26 Å². The lowest BCUT2D eigenvalue weighted by Crippen LogP contribution is -1.78. The van der Waals surface area contributed by atoms with E-state index in [1.54, 1.807) is 18.2 Å². The van der Waals surface area contributed by atoms with Gasteiger partial charge in [0, 0.05) is 23.4 Å². The molecule has 4 heteroatoms. The van der Waals surface area contributed by atoms with Crippen LogP contribution in [0.25, 0.3) is 10.4 Å². The maximum absolute atomic E-state index is 8.65. The van der Waals surface area contributed by atoms with Gasteiger partial charge in [-0.3, -0.25) is 0 Å². The van der Waals surface area contributed by atoms with Gasteiger partial charge in [0.25, 0.3) is 0 Å². The van der Waals surface area contributed by atoms with Crippen molar-refractivity contribution in [1.82, 2.24) is 0 Å². The maximum atomic E-state index is 8.65. The van der Waals surface area contributed by atoms with Gasteiger partial charge in [-0.05, 0) is 23.7 Å². The molecule has 0 aliphatic heterocycles. The van der Waals surface area contributed by atoms with Crippen molar-refractivity contribution in [2.45, 2.75) is 6.42 Å². The largest absolute Gasteiger partial charge is 0.192 e. The number of azide groups is 1. The predicted molar refractivity (Wildman–Crippen MR) is 56.7 cm³/mol. The molecule has 0 heterocycles. The van der Waals surface area contributed by atoms with E-state index in [9.17, 15) is 0 Å². The zero-order valence-corrected chi connectivity index (χ0v) is 8.01. The lowest BCUT2D eigenvalue weighted by atomic mass is 10.1. The summed E-state index contributed by atoms with van der Waals surface area (Å²) >= 11 is 0. The second kappa shape index (κ2) is 6.10. The average molecular weight is 196 g/mol. The number of hydrogen-bond acceptors (Lipinski definition) is 2. The SMILES string of the molecule is N#Cc1cccc(C#CCCN=[N+]=[N-])c1. The van der Waals surface area contributed by atoms with Gasteiger partial charge in [0.2, 0.25) is 0 Å². The van der Waals surface area contributed by atoms with Crippen molar-refractivity contribution in [3.63, 3.8) is 0 Å². The predicted octanol–water partition coefficient (Wildman–Crippen LogP) is 2.61. The zero-order chi connectivity index (χ0) is 10.9. The zero-order valence-electron chi connectivity index (χ0n) is 8.01. The molecule has 0 aliphatic rings. The summed E-state index contributed by atoms with van der Waals surface area (Å²) < 4.78 is 0. The van der Waals surface area contributed by atoms with Crippen molar-refractivity contribution in [3.05, 3.63) is 45.8 Å². The van der Waals surface area contributed by atoms with Crippen LogP contribution in [0.2, 0.25) is 0 Å². The highest BCUT2D eigenvalue weighted by molar-refractivity contribution is 5.41. The van der Waals surface area contributed by atoms with Gasteiger partial charge in [0.15, 0.2) is 0 Å². The fraction of sp³-hybridized carbons (Fsp3) is 0.182. The molecular formula is C11H8N4. The summed E-state index contributed by atoms with van der Waals surface area (Å²) in [7, 11) is 0. The normalized spacial score (nSPS) is 7.93. The third-order valence-electron chi connectivity index (χ3n) is 1.62. The molecule has 15 heavy (non-hydrogen) atoms. The van der Waals surface area contributed by atoms with E-state index < -0.39 is 0 Å². The Labute approximate surface area is 87.8 Å². The molecule has 1 aromatic rings. The first-order valence-electron chi connectivity index (χ1n) is 4.36. The van der Waals surface area contributed by atoms with E-state index in [2.05, 4.69) is 21.9 Å². The Kier molecular flexibility index (Phi) is 4.33. The second-order valence-electron chi connectivity index (χ2n) is 2.70. The molecule has 0 bridgehead atoms. The van der Waals surface area contributed by atoms with Crippen molar-refractivity contribution in [3.8, 4) is 17.9 Å². The van der Waals surface area contributed by atoms with Gasteiger partial charge in [-0.25, -0.2) is 0 Å². The number of rotatable bonds is 2. The summed E-state index contributed by atoms with van der Waals surface area (Å²) in [6, 6.07) is 9.12. The molecule has 0 N–H and O–H groups in total. The van der Waals surface area contributed by atoms with Gasteiger partial charge >= 0.3 is 0 Å².